The Morgan fingerprint density at radius 1 is 1.50 bits per heavy atom. The lowest BCUT2D eigenvalue weighted by atomic mass is 10.1. The molecular weight excluding hydrogens is 204 g/mol. The second-order valence-corrected chi connectivity index (χ2v) is 4.29. The summed E-state index contributed by atoms with van der Waals surface area (Å²) >= 11 is 0. The molecule has 1 aliphatic rings. The van der Waals surface area contributed by atoms with Crippen molar-refractivity contribution in [3.63, 3.8) is 0 Å². The number of pyridine rings is 1. The van der Waals surface area contributed by atoms with Crippen LogP contribution in [0.3, 0.4) is 0 Å². The third-order valence-corrected chi connectivity index (χ3v) is 2.78. The van der Waals surface area contributed by atoms with E-state index < -0.39 is 0 Å². The first-order valence-electron chi connectivity index (χ1n) is 5.53. The number of hydrogen-bond acceptors (Lipinski definition) is 4. The molecule has 0 aromatic carbocycles. The van der Waals surface area contributed by atoms with E-state index in [0.717, 1.165) is 18.7 Å². The van der Waals surface area contributed by atoms with Crippen molar-refractivity contribution in [1.29, 1.82) is 0 Å². The third kappa shape index (κ3) is 2.51. The monoisotopic (exact) mass is 222 g/mol. The molecule has 2 unspecified atom stereocenters. The highest BCUT2D eigenvalue weighted by Gasteiger charge is 2.24. The summed E-state index contributed by atoms with van der Waals surface area (Å²) in [7, 11) is 3.74. The first-order chi connectivity index (χ1) is 7.69. The number of aromatic nitrogens is 1. The Morgan fingerprint density at radius 2 is 2.31 bits per heavy atom. The molecule has 0 aliphatic carbocycles. The van der Waals surface area contributed by atoms with Gasteiger partial charge in [-0.25, -0.2) is 4.98 Å². The zero-order valence-electron chi connectivity index (χ0n) is 10.0. The number of nitrogens with zero attached hydrogens (tertiary/aromatic N) is 2. The lowest BCUT2D eigenvalue weighted by molar-refractivity contribution is -0.0716. The molecule has 2 atom stereocenters. The van der Waals surface area contributed by atoms with Crippen molar-refractivity contribution in [2.75, 3.05) is 27.2 Å². The Balaban J connectivity index is 2.16. The molecule has 4 heteroatoms. The molecule has 0 amide bonds. The smallest absolute Gasteiger partial charge is 0.213 e. The second-order valence-electron chi connectivity index (χ2n) is 4.29. The van der Waals surface area contributed by atoms with E-state index in [1.54, 1.807) is 13.3 Å². The zero-order valence-corrected chi connectivity index (χ0v) is 10.0. The molecular formula is C12H18N2O2. The van der Waals surface area contributed by atoms with Gasteiger partial charge in [-0.05, 0) is 25.6 Å². The van der Waals surface area contributed by atoms with Crippen LogP contribution in [0.2, 0.25) is 0 Å². The molecule has 88 valence electrons. The largest absolute Gasteiger partial charge is 0.481 e. The van der Waals surface area contributed by atoms with Gasteiger partial charge < -0.3 is 14.4 Å². The predicted octanol–water partition coefficient (Wildman–Crippen LogP) is 1.48. The third-order valence-electron chi connectivity index (χ3n) is 2.78. The first-order valence-corrected chi connectivity index (χ1v) is 5.53. The maximum Gasteiger partial charge on any atom is 0.213 e. The zero-order chi connectivity index (χ0) is 11.5. The van der Waals surface area contributed by atoms with Gasteiger partial charge in [-0.1, -0.05) is 0 Å². The van der Waals surface area contributed by atoms with Gasteiger partial charge in [-0.3, -0.25) is 0 Å². The van der Waals surface area contributed by atoms with Gasteiger partial charge in [0.1, 0.15) is 0 Å². The lowest BCUT2D eigenvalue weighted by Gasteiger charge is -2.34. The normalized spacial score (nSPS) is 26.7. The van der Waals surface area contributed by atoms with E-state index in [9.17, 15) is 0 Å². The van der Waals surface area contributed by atoms with Gasteiger partial charge in [-0.2, -0.15) is 0 Å². The minimum atomic E-state index is 0.116. The summed E-state index contributed by atoms with van der Waals surface area (Å²) in [4.78, 5) is 6.38. The summed E-state index contributed by atoms with van der Waals surface area (Å²) < 4.78 is 11.0. The Kier molecular flexibility index (Phi) is 3.41. The van der Waals surface area contributed by atoms with E-state index >= 15 is 0 Å². The van der Waals surface area contributed by atoms with E-state index in [-0.39, 0.29) is 12.2 Å². The standard InChI is InChI=1S/C12H18N2O2/c1-9-7-14(2)8-11(16-9)10-4-5-13-12(6-10)15-3/h4-6,9,11H,7-8H2,1-3H3. The number of rotatable bonds is 2. The van der Waals surface area contributed by atoms with Crippen molar-refractivity contribution in [1.82, 2.24) is 9.88 Å². The Bertz CT molecular complexity index is 347. The van der Waals surface area contributed by atoms with Gasteiger partial charge in [0, 0.05) is 25.4 Å². The quantitative estimate of drug-likeness (QED) is 0.759. The van der Waals surface area contributed by atoms with Crippen LogP contribution < -0.4 is 4.74 Å². The topological polar surface area (TPSA) is 34.6 Å². The summed E-state index contributed by atoms with van der Waals surface area (Å²) in [5, 5.41) is 0. The molecule has 4 nitrogen and oxygen atoms in total. The molecule has 2 heterocycles. The average Bonchev–Trinajstić information content (AvgIpc) is 2.28. The number of likely N-dealkylation sites (N-methyl/N-ethyl adjacent to an activating group) is 1. The maximum atomic E-state index is 5.92. The lowest BCUT2D eigenvalue weighted by Crippen LogP contribution is -2.40. The van der Waals surface area contributed by atoms with Crippen LogP contribution in [0.1, 0.15) is 18.6 Å². The fraction of sp³-hybridized carbons (Fsp3) is 0.583. The summed E-state index contributed by atoms with van der Waals surface area (Å²) in [6.07, 6.45) is 2.14. The molecule has 1 aromatic heterocycles. The fourth-order valence-electron chi connectivity index (χ4n) is 2.08. The number of hydrogen-bond donors (Lipinski definition) is 0. The highest BCUT2D eigenvalue weighted by atomic mass is 16.5. The summed E-state index contributed by atoms with van der Waals surface area (Å²) in [5.74, 6) is 0.641. The minimum absolute atomic E-state index is 0.116. The Labute approximate surface area is 96.2 Å². The molecule has 0 radical (unpaired) electrons. The van der Waals surface area contributed by atoms with Crippen molar-refractivity contribution in [3.8, 4) is 5.88 Å². The number of methoxy groups -OCH3 is 1. The molecule has 1 aliphatic heterocycles. The molecule has 2 rings (SSSR count). The van der Waals surface area contributed by atoms with E-state index in [1.165, 1.54) is 0 Å². The van der Waals surface area contributed by atoms with E-state index in [0.29, 0.717) is 5.88 Å². The number of ether oxygens (including phenoxy) is 2. The molecule has 16 heavy (non-hydrogen) atoms. The summed E-state index contributed by atoms with van der Waals surface area (Å²) in [6.45, 7) is 4.00. The van der Waals surface area contributed by atoms with Crippen molar-refractivity contribution >= 4 is 0 Å². The van der Waals surface area contributed by atoms with Gasteiger partial charge >= 0.3 is 0 Å². The van der Waals surface area contributed by atoms with Crippen LogP contribution in [0.5, 0.6) is 5.88 Å². The Morgan fingerprint density at radius 3 is 3.00 bits per heavy atom. The average molecular weight is 222 g/mol. The number of morpholine rings is 1. The fourth-order valence-corrected chi connectivity index (χ4v) is 2.08. The molecule has 0 spiro atoms. The van der Waals surface area contributed by atoms with Crippen molar-refractivity contribution < 1.29 is 9.47 Å². The highest BCUT2D eigenvalue weighted by molar-refractivity contribution is 5.23. The Hall–Kier alpha value is -1.13. The SMILES string of the molecule is COc1cc(C2CN(C)CC(C)O2)ccn1. The van der Waals surface area contributed by atoms with Crippen LogP contribution in [-0.4, -0.2) is 43.2 Å². The second kappa shape index (κ2) is 4.80. The highest BCUT2D eigenvalue weighted by Crippen LogP contribution is 2.25. The van der Waals surface area contributed by atoms with Crippen LogP contribution in [-0.2, 0) is 4.74 Å². The summed E-state index contributed by atoms with van der Waals surface area (Å²) in [6, 6.07) is 3.93. The molecule has 0 saturated carbocycles. The maximum absolute atomic E-state index is 5.92. The summed E-state index contributed by atoms with van der Waals surface area (Å²) in [5.41, 5.74) is 1.13. The molecule has 1 saturated heterocycles. The van der Waals surface area contributed by atoms with E-state index in [4.69, 9.17) is 9.47 Å². The van der Waals surface area contributed by atoms with Crippen LogP contribution in [0, 0.1) is 0 Å². The van der Waals surface area contributed by atoms with Gasteiger partial charge in [-0.15, -0.1) is 0 Å². The van der Waals surface area contributed by atoms with Crippen LogP contribution >= 0.6 is 0 Å². The van der Waals surface area contributed by atoms with Gasteiger partial charge in [0.15, 0.2) is 0 Å². The van der Waals surface area contributed by atoms with Gasteiger partial charge in [0.2, 0.25) is 5.88 Å². The van der Waals surface area contributed by atoms with Gasteiger partial charge in [0.25, 0.3) is 0 Å². The van der Waals surface area contributed by atoms with Crippen molar-refractivity contribution in [2.45, 2.75) is 19.1 Å². The first kappa shape index (κ1) is 11.4. The van der Waals surface area contributed by atoms with Crippen LogP contribution in [0.15, 0.2) is 18.3 Å². The molecule has 1 aromatic rings. The van der Waals surface area contributed by atoms with Crippen LogP contribution in [0.4, 0.5) is 0 Å². The molecule has 0 bridgehead atoms. The molecule has 0 N–H and O–H groups in total. The predicted molar refractivity (Wildman–Crippen MR) is 61.6 cm³/mol. The van der Waals surface area contributed by atoms with E-state index in [2.05, 4.69) is 23.9 Å². The van der Waals surface area contributed by atoms with Crippen molar-refractivity contribution in [2.24, 2.45) is 0 Å². The van der Waals surface area contributed by atoms with E-state index in [1.807, 2.05) is 12.1 Å². The van der Waals surface area contributed by atoms with Gasteiger partial charge in [0.05, 0.1) is 19.3 Å². The minimum Gasteiger partial charge on any atom is -0.481 e. The molecule has 1 fully saturated rings. The van der Waals surface area contributed by atoms with Crippen LogP contribution in [0.25, 0.3) is 0 Å². The van der Waals surface area contributed by atoms with Crippen molar-refractivity contribution in [3.05, 3.63) is 23.9 Å².